The van der Waals surface area contributed by atoms with E-state index >= 15 is 0 Å². The minimum atomic E-state index is -1.11. The lowest BCUT2D eigenvalue weighted by Crippen LogP contribution is -2.59. The highest BCUT2D eigenvalue weighted by atomic mass is 16.6. The molecule has 0 radical (unpaired) electrons. The summed E-state index contributed by atoms with van der Waals surface area (Å²) in [7, 11) is 1.27. The molecule has 3 aromatic rings. The highest BCUT2D eigenvalue weighted by Crippen LogP contribution is 2.14. The lowest BCUT2D eigenvalue weighted by molar-refractivity contribution is -0.145. The van der Waals surface area contributed by atoms with Crippen molar-refractivity contribution in [1.82, 2.24) is 21.3 Å². The van der Waals surface area contributed by atoms with Gasteiger partial charge in [-0.3, -0.25) is 9.59 Å². The van der Waals surface area contributed by atoms with E-state index < -0.39 is 59.7 Å². The molecule has 1 unspecified atom stereocenters. The maximum Gasteiger partial charge on any atom is 0.407 e. The highest BCUT2D eigenvalue weighted by Gasteiger charge is 2.33. The molecule has 3 aromatic carbocycles. The second kappa shape index (κ2) is 20.2. The van der Waals surface area contributed by atoms with Crippen molar-refractivity contribution in [3.05, 3.63) is 108 Å². The summed E-state index contributed by atoms with van der Waals surface area (Å²) in [5.41, 5.74) is 1.87. The van der Waals surface area contributed by atoms with Gasteiger partial charge in [0.05, 0.1) is 25.3 Å². The van der Waals surface area contributed by atoms with E-state index in [1.54, 1.807) is 20.8 Å². The molecule has 0 saturated heterocycles. The average Bonchev–Trinajstić information content (AvgIpc) is 3.11. The molecule has 3 rings (SSSR count). The Morgan fingerprint density at radius 3 is 1.67 bits per heavy atom. The van der Waals surface area contributed by atoms with E-state index in [0.717, 1.165) is 16.7 Å². The van der Waals surface area contributed by atoms with E-state index in [2.05, 4.69) is 21.3 Å². The van der Waals surface area contributed by atoms with Gasteiger partial charge in [0.15, 0.2) is 0 Å². The quantitative estimate of drug-likeness (QED) is 0.124. The highest BCUT2D eigenvalue weighted by molar-refractivity contribution is 5.92. The Morgan fingerprint density at radius 1 is 0.706 bits per heavy atom. The summed E-state index contributed by atoms with van der Waals surface area (Å²) >= 11 is 0. The van der Waals surface area contributed by atoms with Crippen LogP contribution in [0.25, 0.3) is 0 Å². The first-order valence-electron chi connectivity index (χ1n) is 17.5. The largest absolute Gasteiger partial charge is 0.467 e. The molecule has 0 aliphatic heterocycles. The molecule has 11 heteroatoms. The number of ether oxygens (including phenoxy) is 2. The number of alkyl carbamates (subject to hydrolysis) is 1. The molecule has 11 nitrogen and oxygen atoms in total. The number of carbonyl (C=O) groups is 4. The van der Waals surface area contributed by atoms with Crippen LogP contribution in [-0.4, -0.2) is 78.5 Å². The Bertz CT molecular complexity index is 1520. The number of rotatable bonds is 18. The Balaban J connectivity index is 1.81. The van der Waals surface area contributed by atoms with Gasteiger partial charge in [0.2, 0.25) is 11.8 Å². The predicted molar refractivity (Wildman–Crippen MR) is 197 cm³/mol. The molecule has 0 aliphatic rings. The Kier molecular flexibility index (Phi) is 16.1. The van der Waals surface area contributed by atoms with Crippen molar-refractivity contribution in [3.8, 4) is 0 Å². The van der Waals surface area contributed by atoms with Gasteiger partial charge in [0.25, 0.3) is 0 Å². The van der Waals surface area contributed by atoms with Crippen LogP contribution in [0.15, 0.2) is 91.0 Å². The van der Waals surface area contributed by atoms with Crippen LogP contribution >= 0.6 is 0 Å². The zero-order chi connectivity index (χ0) is 37.4. The maximum absolute atomic E-state index is 14.0. The second-order valence-corrected chi connectivity index (χ2v) is 13.8. The van der Waals surface area contributed by atoms with Gasteiger partial charge in [-0.25, -0.2) is 9.59 Å². The van der Waals surface area contributed by atoms with Gasteiger partial charge in [0.1, 0.15) is 17.7 Å². The van der Waals surface area contributed by atoms with E-state index in [1.807, 2.05) is 105 Å². The van der Waals surface area contributed by atoms with Crippen LogP contribution in [-0.2, 0) is 43.1 Å². The van der Waals surface area contributed by atoms with E-state index in [-0.39, 0.29) is 25.3 Å². The maximum atomic E-state index is 14.0. The van der Waals surface area contributed by atoms with Gasteiger partial charge in [-0.1, -0.05) is 111 Å². The van der Waals surface area contributed by atoms with E-state index in [4.69, 9.17) is 9.47 Å². The summed E-state index contributed by atoms with van der Waals surface area (Å²) < 4.78 is 10.5. The number of aliphatic hydroxyl groups excluding tert-OH is 1. The van der Waals surface area contributed by atoms with E-state index in [0.29, 0.717) is 12.8 Å². The van der Waals surface area contributed by atoms with Gasteiger partial charge in [-0.2, -0.15) is 0 Å². The first kappa shape index (κ1) is 40.7. The molecule has 3 amide bonds. The molecule has 276 valence electrons. The van der Waals surface area contributed by atoms with Crippen molar-refractivity contribution in [2.24, 2.45) is 5.92 Å². The van der Waals surface area contributed by atoms with Crippen molar-refractivity contribution in [3.63, 3.8) is 0 Å². The summed E-state index contributed by atoms with van der Waals surface area (Å²) in [6.07, 6.45) is -0.405. The third-order valence-electron chi connectivity index (χ3n) is 8.52. The molecular formula is C40H54N4O7. The fourth-order valence-electron chi connectivity index (χ4n) is 5.53. The second-order valence-electron chi connectivity index (χ2n) is 13.8. The Hall–Kier alpha value is -4.74. The van der Waals surface area contributed by atoms with Crippen LogP contribution in [0.4, 0.5) is 4.79 Å². The number of hydrogen-bond donors (Lipinski definition) is 5. The number of nitrogens with one attached hydrogen (secondary N) is 4. The number of hydrogen-bond acceptors (Lipinski definition) is 8. The van der Waals surface area contributed by atoms with E-state index in [9.17, 15) is 24.3 Å². The summed E-state index contributed by atoms with van der Waals surface area (Å²) in [4.78, 5) is 53.3. The molecule has 51 heavy (non-hydrogen) atoms. The van der Waals surface area contributed by atoms with Crippen LogP contribution in [0.2, 0.25) is 0 Å². The smallest absolute Gasteiger partial charge is 0.407 e. The average molecular weight is 703 g/mol. The normalized spacial score (nSPS) is 14.9. The fraction of sp³-hybridized carbons (Fsp3) is 0.450. The van der Waals surface area contributed by atoms with Crippen LogP contribution in [0.3, 0.4) is 0 Å². The number of carbonyl (C=O) groups excluding carboxylic acids is 4. The van der Waals surface area contributed by atoms with Gasteiger partial charge < -0.3 is 35.8 Å². The van der Waals surface area contributed by atoms with Gasteiger partial charge in [-0.15, -0.1) is 0 Å². The topological polar surface area (TPSA) is 155 Å². The molecule has 5 N–H and O–H groups in total. The van der Waals surface area contributed by atoms with Crippen molar-refractivity contribution in [1.29, 1.82) is 0 Å². The first-order chi connectivity index (χ1) is 24.3. The third kappa shape index (κ3) is 14.2. The van der Waals surface area contributed by atoms with Crippen molar-refractivity contribution < 1.29 is 33.8 Å². The lowest BCUT2D eigenvalue weighted by Gasteiger charge is -2.30. The molecule has 0 aromatic heterocycles. The minimum absolute atomic E-state index is 0.0557. The molecule has 0 bridgehead atoms. The number of aliphatic hydroxyl groups is 1. The van der Waals surface area contributed by atoms with Gasteiger partial charge in [-0.05, 0) is 56.2 Å². The third-order valence-corrected chi connectivity index (χ3v) is 8.52. The number of amides is 3. The van der Waals surface area contributed by atoms with Crippen molar-refractivity contribution in [2.45, 2.75) is 96.2 Å². The molecule has 0 aliphatic carbocycles. The van der Waals surface area contributed by atoms with Gasteiger partial charge in [0, 0.05) is 13.0 Å². The number of methoxy groups -OCH3 is 1. The van der Waals surface area contributed by atoms with Crippen LogP contribution in [0.5, 0.6) is 0 Å². The zero-order valence-electron chi connectivity index (χ0n) is 30.6. The first-order valence-corrected chi connectivity index (χ1v) is 17.5. The number of benzene rings is 3. The summed E-state index contributed by atoms with van der Waals surface area (Å²) in [6, 6.07) is 24.6. The fourth-order valence-corrected chi connectivity index (χ4v) is 5.53. The molecule has 0 heterocycles. The van der Waals surface area contributed by atoms with Crippen LogP contribution in [0, 0.1) is 5.92 Å². The SMILES string of the molecule is CC[C@@H](C)[C@@H](NC(=O)[C@@H](Cc1ccccc1)NCC(O)[C@H](Cc1ccccc1)NC(=O)OC(C)(C)C)C(=O)N[C@@H](Cc1ccccc1)C(=O)OC. The predicted octanol–water partition coefficient (Wildman–Crippen LogP) is 4.12. The summed E-state index contributed by atoms with van der Waals surface area (Å²) in [5, 5.41) is 23.2. The van der Waals surface area contributed by atoms with Gasteiger partial charge >= 0.3 is 12.1 Å². The molecule has 0 saturated carbocycles. The lowest BCUT2D eigenvalue weighted by atomic mass is 9.96. The number of esters is 1. The van der Waals surface area contributed by atoms with Crippen molar-refractivity contribution >= 4 is 23.9 Å². The van der Waals surface area contributed by atoms with Crippen molar-refractivity contribution in [2.75, 3.05) is 13.7 Å². The molecular weight excluding hydrogens is 648 g/mol. The summed E-state index contributed by atoms with van der Waals surface area (Å²) in [5.74, 6) is -1.83. The minimum Gasteiger partial charge on any atom is -0.467 e. The van der Waals surface area contributed by atoms with E-state index in [1.165, 1.54) is 7.11 Å². The Morgan fingerprint density at radius 2 is 1.20 bits per heavy atom. The van der Waals surface area contributed by atoms with Crippen LogP contribution < -0.4 is 21.3 Å². The zero-order valence-corrected chi connectivity index (χ0v) is 30.6. The standard InChI is InChI=1S/C40H54N4O7/c1-7-27(2)35(37(47)42-33(38(48)50-6)25-30-21-15-10-16-22-30)44-36(46)32(24-29-19-13-9-14-20-29)41-26-34(45)31(23-28-17-11-8-12-18-28)43-39(49)51-40(3,4)5/h8-22,27,31-35,41,45H,7,23-26H2,1-6H3,(H,42,47)(H,43,49)(H,44,46)/t27-,31+,32-,33+,34?,35-/m1/s1. The monoisotopic (exact) mass is 702 g/mol. The molecule has 0 spiro atoms. The molecule has 0 fully saturated rings. The summed E-state index contributed by atoms with van der Waals surface area (Å²) in [6.45, 7) is 8.99. The Labute approximate surface area is 301 Å². The van der Waals surface area contributed by atoms with Crippen LogP contribution in [0.1, 0.15) is 57.7 Å². The molecule has 6 atom stereocenters.